The first-order valence-electron chi connectivity index (χ1n) is 3.38. The second-order valence-corrected chi connectivity index (χ2v) is 2.75. The van der Waals surface area contributed by atoms with E-state index in [-0.39, 0.29) is 0 Å². The van der Waals surface area contributed by atoms with Crippen molar-refractivity contribution in [3.05, 3.63) is 7.05 Å². The molecule has 2 nitrogen and oxygen atoms in total. The minimum Gasteiger partial charge on any atom is -0.451 e. The van der Waals surface area contributed by atoms with Crippen molar-refractivity contribution in [1.29, 1.82) is 0 Å². The second-order valence-electron chi connectivity index (χ2n) is 2.75. The van der Waals surface area contributed by atoms with Crippen molar-refractivity contribution in [3.8, 4) is 0 Å². The lowest BCUT2D eigenvalue weighted by Gasteiger charge is -2.42. The van der Waals surface area contributed by atoms with Gasteiger partial charge in [0.2, 0.25) is 0 Å². The van der Waals surface area contributed by atoms with Gasteiger partial charge in [0, 0.05) is 12.1 Å². The van der Waals surface area contributed by atoms with Crippen LogP contribution in [-0.2, 0) is 4.74 Å². The van der Waals surface area contributed by atoms with E-state index in [1.165, 1.54) is 0 Å². The van der Waals surface area contributed by atoms with Crippen molar-refractivity contribution in [2.75, 3.05) is 13.2 Å². The summed E-state index contributed by atoms with van der Waals surface area (Å²) in [6.45, 7) is 5.91. The van der Waals surface area contributed by atoms with Gasteiger partial charge in [0.15, 0.2) is 0 Å². The van der Waals surface area contributed by atoms with E-state index in [0.717, 1.165) is 13.2 Å². The van der Waals surface area contributed by atoms with Gasteiger partial charge in [-0.25, -0.2) is 0 Å². The van der Waals surface area contributed by atoms with Crippen LogP contribution >= 0.6 is 0 Å². The lowest BCUT2D eigenvalue weighted by atomic mass is 10.2. The topological polar surface area (TPSA) is 12.5 Å². The van der Waals surface area contributed by atoms with E-state index >= 15 is 0 Å². The Labute approximate surface area is 56.8 Å². The molecule has 0 N–H and O–H groups in total. The second kappa shape index (κ2) is 2.67. The maximum absolute atomic E-state index is 5.28. The van der Waals surface area contributed by atoms with E-state index in [2.05, 4.69) is 25.8 Å². The Kier molecular flexibility index (Phi) is 2.09. The predicted molar refractivity (Wildman–Crippen MR) is 36.9 cm³/mol. The minimum atomic E-state index is 0.480. The highest BCUT2D eigenvalue weighted by atomic mass is 16.5. The highest BCUT2D eigenvalue weighted by molar-refractivity contribution is 4.76. The van der Waals surface area contributed by atoms with Gasteiger partial charge in [0.25, 0.3) is 0 Å². The van der Waals surface area contributed by atoms with Gasteiger partial charge >= 0.3 is 0 Å². The standard InChI is InChI=1S/C7H14NO/c1-6-4-9-5-7(2)8(6)3/h6-7H,3-5H2,1-2H3/q-1/t6-,7-/m0/s1. The molecule has 0 unspecified atom stereocenters. The van der Waals surface area contributed by atoms with E-state index in [9.17, 15) is 0 Å². The third-order valence-corrected chi connectivity index (χ3v) is 1.85. The van der Waals surface area contributed by atoms with E-state index in [0.29, 0.717) is 12.1 Å². The highest BCUT2D eigenvalue weighted by Crippen LogP contribution is 2.09. The lowest BCUT2D eigenvalue weighted by molar-refractivity contribution is -0.0134. The van der Waals surface area contributed by atoms with Crippen LogP contribution in [0.5, 0.6) is 0 Å². The molecule has 1 saturated heterocycles. The van der Waals surface area contributed by atoms with Gasteiger partial charge in [-0.15, -0.1) is 0 Å². The van der Waals surface area contributed by atoms with Crippen LogP contribution in [0.2, 0.25) is 0 Å². The van der Waals surface area contributed by atoms with Crippen molar-refractivity contribution in [2.24, 2.45) is 0 Å². The number of ether oxygens (including phenoxy) is 1. The number of hydrogen-bond donors (Lipinski definition) is 0. The molecule has 0 bridgehead atoms. The Morgan fingerprint density at radius 3 is 2.11 bits per heavy atom. The van der Waals surface area contributed by atoms with Crippen LogP contribution in [0.3, 0.4) is 0 Å². The Balaban J connectivity index is 2.41. The normalized spacial score (nSPS) is 39.0. The number of rotatable bonds is 0. The molecule has 0 aromatic carbocycles. The molecule has 1 aliphatic rings. The molecule has 0 aromatic heterocycles. The first-order valence-corrected chi connectivity index (χ1v) is 3.38. The summed E-state index contributed by atoms with van der Waals surface area (Å²) < 4.78 is 5.28. The maximum Gasteiger partial charge on any atom is 0.0596 e. The van der Waals surface area contributed by atoms with Crippen LogP contribution in [-0.4, -0.2) is 30.2 Å². The molecule has 1 heterocycles. The first-order chi connectivity index (χ1) is 4.22. The maximum atomic E-state index is 5.28. The summed E-state index contributed by atoms with van der Waals surface area (Å²) in [5, 5.41) is 0. The zero-order chi connectivity index (χ0) is 6.85. The SMILES string of the molecule is [CH2-]N1[C@@H](C)COC[C@@H]1C. The fourth-order valence-electron chi connectivity index (χ4n) is 1.04. The molecule has 2 heteroatoms. The smallest absolute Gasteiger partial charge is 0.0596 e. The molecule has 9 heavy (non-hydrogen) atoms. The van der Waals surface area contributed by atoms with Crippen molar-refractivity contribution >= 4 is 0 Å². The fraction of sp³-hybridized carbons (Fsp3) is 0.857. The summed E-state index contributed by atoms with van der Waals surface area (Å²) in [6.07, 6.45) is 0. The summed E-state index contributed by atoms with van der Waals surface area (Å²) in [6, 6.07) is 0.961. The van der Waals surface area contributed by atoms with Crippen molar-refractivity contribution in [3.63, 3.8) is 0 Å². The van der Waals surface area contributed by atoms with Crippen LogP contribution in [0.4, 0.5) is 0 Å². The lowest BCUT2D eigenvalue weighted by Crippen LogP contribution is -2.45. The largest absolute Gasteiger partial charge is 0.451 e. The monoisotopic (exact) mass is 128 g/mol. The van der Waals surface area contributed by atoms with Crippen molar-refractivity contribution in [2.45, 2.75) is 25.9 Å². The van der Waals surface area contributed by atoms with E-state index in [1.54, 1.807) is 0 Å². The van der Waals surface area contributed by atoms with Crippen LogP contribution in [0.1, 0.15) is 13.8 Å². The Bertz CT molecular complexity index is 84.9. The quantitative estimate of drug-likeness (QED) is 0.449. The van der Waals surface area contributed by atoms with Gasteiger partial charge in [0.1, 0.15) is 0 Å². The molecular formula is C7H14NO-. The highest BCUT2D eigenvalue weighted by Gasteiger charge is 2.15. The van der Waals surface area contributed by atoms with E-state index < -0.39 is 0 Å². The fourth-order valence-corrected chi connectivity index (χ4v) is 1.04. The molecule has 0 radical (unpaired) electrons. The minimum absolute atomic E-state index is 0.480. The average molecular weight is 128 g/mol. The van der Waals surface area contributed by atoms with Crippen LogP contribution in [0.15, 0.2) is 0 Å². The molecular weight excluding hydrogens is 114 g/mol. The molecule has 0 aliphatic carbocycles. The number of nitrogens with zero attached hydrogens (tertiary/aromatic N) is 1. The first kappa shape index (κ1) is 7.03. The van der Waals surface area contributed by atoms with Gasteiger partial charge in [-0.05, 0) is 13.8 Å². The summed E-state index contributed by atoms with van der Waals surface area (Å²) >= 11 is 0. The van der Waals surface area contributed by atoms with Crippen LogP contribution in [0.25, 0.3) is 0 Å². The number of hydrogen-bond acceptors (Lipinski definition) is 2. The molecule has 1 fully saturated rings. The summed E-state index contributed by atoms with van der Waals surface area (Å²) in [4.78, 5) is 2.10. The molecule has 0 amide bonds. The molecule has 2 atom stereocenters. The Hall–Kier alpha value is -0.0800. The van der Waals surface area contributed by atoms with Crippen LogP contribution < -0.4 is 0 Å². The van der Waals surface area contributed by atoms with Crippen molar-refractivity contribution < 1.29 is 4.74 Å². The molecule has 1 aliphatic heterocycles. The van der Waals surface area contributed by atoms with Gasteiger partial charge in [-0.3, -0.25) is 7.05 Å². The molecule has 0 saturated carbocycles. The molecule has 54 valence electrons. The van der Waals surface area contributed by atoms with Gasteiger partial charge < -0.3 is 9.64 Å². The van der Waals surface area contributed by atoms with E-state index in [1.807, 2.05) is 0 Å². The van der Waals surface area contributed by atoms with Gasteiger partial charge in [-0.2, -0.15) is 0 Å². The zero-order valence-corrected chi connectivity index (χ0v) is 6.13. The third kappa shape index (κ3) is 1.43. The summed E-state index contributed by atoms with van der Waals surface area (Å²) in [7, 11) is 3.91. The van der Waals surface area contributed by atoms with E-state index in [4.69, 9.17) is 4.74 Å². The van der Waals surface area contributed by atoms with Crippen LogP contribution in [0, 0.1) is 7.05 Å². The average Bonchev–Trinajstić information content (AvgIpc) is 1.83. The third-order valence-electron chi connectivity index (χ3n) is 1.85. The molecule has 0 spiro atoms. The van der Waals surface area contributed by atoms with Gasteiger partial charge in [-0.1, -0.05) is 0 Å². The predicted octanol–water partition coefficient (Wildman–Crippen LogP) is 0.887. The van der Waals surface area contributed by atoms with Crippen molar-refractivity contribution in [1.82, 2.24) is 4.90 Å². The molecule has 1 rings (SSSR count). The van der Waals surface area contributed by atoms with Gasteiger partial charge in [0.05, 0.1) is 13.2 Å². The molecule has 0 aromatic rings. The Morgan fingerprint density at radius 1 is 1.33 bits per heavy atom. The Morgan fingerprint density at radius 2 is 1.78 bits per heavy atom. The number of morpholine rings is 1. The zero-order valence-electron chi connectivity index (χ0n) is 6.13. The summed E-state index contributed by atoms with van der Waals surface area (Å²) in [5.41, 5.74) is 0. The summed E-state index contributed by atoms with van der Waals surface area (Å²) in [5.74, 6) is 0.